The third-order valence-corrected chi connectivity index (χ3v) is 5.80. The van der Waals surface area contributed by atoms with Crippen LogP contribution in [0.5, 0.6) is 0 Å². The first-order valence-electron chi connectivity index (χ1n) is 4.27. The van der Waals surface area contributed by atoms with Crippen molar-refractivity contribution in [1.29, 1.82) is 0 Å². The molecule has 1 saturated carbocycles. The zero-order valence-corrected chi connectivity index (χ0v) is 8.56. The van der Waals surface area contributed by atoms with E-state index in [1.165, 1.54) is 31.6 Å². The van der Waals surface area contributed by atoms with Gasteiger partial charge in [-0.15, -0.1) is 11.8 Å². The molecule has 64 valence electrons. The van der Waals surface area contributed by atoms with E-state index in [0.29, 0.717) is 4.75 Å². The molecule has 0 radical (unpaired) electrons. The van der Waals surface area contributed by atoms with E-state index in [0.717, 1.165) is 5.37 Å². The fourth-order valence-corrected chi connectivity index (χ4v) is 4.60. The minimum Gasteiger partial charge on any atom is -0.303 e. The van der Waals surface area contributed by atoms with Gasteiger partial charge in [0.25, 0.3) is 0 Å². The molecule has 0 aromatic carbocycles. The summed E-state index contributed by atoms with van der Waals surface area (Å²) in [6.07, 6.45) is 6.57. The Morgan fingerprint density at radius 1 is 1.55 bits per heavy atom. The van der Waals surface area contributed by atoms with Gasteiger partial charge in [0.15, 0.2) is 0 Å². The second-order valence-electron chi connectivity index (χ2n) is 3.33. The van der Waals surface area contributed by atoms with Crippen LogP contribution in [0.4, 0.5) is 0 Å². The van der Waals surface area contributed by atoms with Gasteiger partial charge in [-0.3, -0.25) is 0 Å². The Morgan fingerprint density at radius 3 is 2.73 bits per heavy atom. The highest BCUT2D eigenvalue weighted by molar-refractivity contribution is 8.04. The highest BCUT2D eigenvalue weighted by Gasteiger charge is 2.44. The van der Waals surface area contributed by atoms with Gasteiger partial charge in [0.1, 0.15) is 0 Å². The van der Waals surface area contributed by atoms with Crippen molar-refractivity contribution in [3.63, 3.8) is 0 Å². The predicted octanol–water partition coefficient (Wildman–Crippen LogP) is 1.93. The van der Waals surface area contributed by atoms with E-state index < -0.39 is 0 Å². The topological polar surface area (TPSA) is 12.0 Å². The molecular formula is C8H15NS2. The SMILES string of the molecule is CSC1(C2NCCS2)CCC1. The van der Waals surface area contributed by atoms with Gasteiger partial charge in [-0.2, -0.15) is 11.8 Å². The first-order chi connectivity index (χ1) is 5.37. The smallest absolute Gasteiger partial charge is 0.0681 e. The normalized spacial score (nSPS) is 35.2. The summed E-state index contributed by atoms with van der Waals surface area (Å²) >= 11 is 4.19. The molecule has 11 heavy (non-hydrogen) atoms. The highest BCUT2D eigenvalue weighted by atomic mass is 32.2. The lowest BCUT2D eigenvalue weighted by molar-refractivity contribution is 0.335. The average Bonchev–Trinajstić information content (AvgIpc) is 2.39. The summed E-state index contributed by atoms with van der Waals surface area (Å²) in [6.45, 7) is 1.22. The van der Waals surface area contributed by atoms with Crippen molar-refractivity contribution in [3.05, 3.63) is 0 Å². The molecule has 1 saturated heterocycles. The second-order valence-corrected chi connectivity index (χ2v) is 5.76. The lowest BCUT2D eigenvalue weighted by Crippen LogP contribution is -2.48. The summed E-state index contributed by atoms with van der Waals surface area (Å²) in [4.78, 5) is 0. The van der Waals surface area contributed by atoms with Crippen LogP contribution >= 0.6 is 23.5 Å². The molecule has 3 heteroatoms. The molecule has 1 nitrogen and oxygen atoms in total. The molecule has 1 aliphatic carbocycles. The maximum atomic E-state index is 3.59. The molecule has 0 spiro atoms. The molecule has 2 rings (SSSR count). The van der Waals surface area contributed by atoms with Gasteiger partial charge in [0.2, 0.25) is 0 Å². The van der Waals surface area contributed by atoms with Crippen LogP contribution in [0.2, 0.25) is 0 Å². The van der Waals surface area contributed by atoms with E-state index in [9.17, 15) is 0 Å². The van der Waals surface area contributed by atoms with Crippen molar-refractivity contribution < 1.29 is 0 Å². The van der Waals surface area contributed by atoms with Crippen molar-refractivity contribution in [2.75, 3.05) is 18.6 Å². The summed E-state index contributed by atoms with van der Waals surface area (Å²) in [6, 6.07) is 0. The summed E-state index contributed by atoms with van der Waals surface area (Å²) in [7, 11) is 0. The van der Waals surface area contributed by atoms with Crippen LogP contribution in [0, 0.1) is 0 Å². The van der Waals surface area contributed by atoms with Gasteiger partial charge >= 0.3 is 0 Å². The van der Waals surface area contributed by atoms with Crippen LogP contribution in [0.1, 0.15) is 19.3 Å². The molecule has 0 bridgehead atoms. The Hall–Kier alpha value is 0.660. The molecule has 0 amide bonds. The lowest BCUT2D eigenvalue weighted by atomic mass is 9.84. The monoisotopic (exact) mass is 189 g/mol. The maximum absolute atomic E-state index is 3.59. The Kier molecular flexibility index (Phi) is 2.40. The summed E-state index contributed by atoms with van der Waals surface area (Å²) in [5.41, 5.74) is 0. The van der Waals surface area contributed by atoms with Crippen LogP contribution in [-0.2, 0) is 0 Å². The zero-order chi connectivity index (χ0) is 7.73. The molecule has 1 unspecified atom stereocenters. The van der Waals surface area contributed by atoms with Crippen LogP contribution in [0.15, 0.2) is 0 Å². The lowest BCUT2D eigenvalue weighted by Gasteiger charge is -2.44. The number of thioether (sulfide) groups is 2. The quantitative estimate of drug-likeness (QED) is 0.713. The highest BCUT2D eigenvalue weighted by Crippen LogP contribution is 2.49. The van der Waals surface area contributed by atoms with Gasteiger partial charge in [0.05, 0.1) is 5.37 Å². The summed E-state index contributed by atoms with van der Waals surface area (Å²) < 4.78 is 0.612. The summed E-state index contributed by atoms with van der Waals surface area (Å²) in [5, 5.41) is 4.35. The van der Waals surface area contributed by atoms with Crippen LogP contribution < -0.4 is 5.32 Å². The van der Waals surface area contributed by atoms with E-state index in [2.05, 4.69) is 35.1 Å². The fourth-order valence-electron chi connectivity index (χ4n) is 1.86. The van der Waals surface area contributed by atoms with E-state index in [4.69, 9.17) is 0 Å². The predicted molar refractivity (Wildman–Crippen MR) is 54.3 cm³/mol. The van der Waals surface area contributed by atoms with E-state index in [-0.39, 0.29) is 0 Å². The first kappa shape index (κ1) is 8.27. The number of nitrogens with one attached hydrogen (secondary N) is 1. The van der Waals surface area contributed by atoms with Crippen LogP contribution in [0.3, 0.4) is 0 Å². The third-order valence-electron chi connectivity index (χ3n) is 2.80. The standard InChI is InChI=1S/C8H15NS2/c1-10-8(3-2-4-8)7-9-5-6-11-7/h7,9H,2-6H2,1H3. The molecule has 0 aromatic rings. The van der Waals surface area contributed by atoms with Gasteiger partial charge < -0.3 is 5.32 Å². The number of hydrogen-bond acceptors (Lipinski definition) is 3. The van der Waals surface area contributed by atoms with Crippen LogP contribution in [0.25, 0.3) is 0 Å². The maximum Gasteiger partial charge on any atom is 0.0681 e. The van der Waals surface area contributed by atoms with Crippen LogP contribution in [-0.4, -0.2) is 28.7 Å². The Morgan fingerprint density at radius 2 is 2.36 bits per heavy atom. The van der Waals surface area contributed by atoms with Crippen molar-refractivity contribution in [3.8, 4) is 0 Å². The molecule has 1 heterocycles. The van der Waals surface area contributed by atoms with Crippen molar-refractivity contribution in [2.45, 2.75) is 29.4 Å². The number of rotatable bonds is 2. The average molecular weight is 189 g/mol. The minimum atomic E-state index is 0.612. The fraction of sp³-hybridized carbons (Fsp3) is 1.00. The third kappa shape index (κ3) is 1.31. The van der Waals surface area contributed by atoms with Gasteiger partial charge in [0, 0.05) is 17.0 Å². The van der Waals surface area contributed by atoms with Gasteiger partial charge in [-0.05, 0) is 19.1 Å². The van der Waals surface area contributed by atoms with Gasteiger partial charge in [-0.1, -0.05) is 6.42 Å². The van der Waals surface area contributed by atoms with Gasteiger partial charge in [-0.25, -0.2) is 0 Å². The molecule has 2 aliphatic rings. The molecule has 0 aromatic heterocycles. The first-order valence-corrected chi connectivity index (χ1v) is 6.55. The Balaban J connectivity index is 1.99. The Bertz CT molecular complexity index is 134. The molecular weight excluding hydrogens is 174 g/mol. The zero-order valence-electron chi connectivity index (χ0n) is 6.93. The molecule has 1 atom stereocenters. The molecule has 1 aliphatic heterocycles. The summed E-state index contributed by atoms with van der Waals surface area (Å²) in [5.74, 6) is 1.31. The van der Waals surface area contributed by atoms with E-state index in [1.54, 1.807) is 0 Å². The molecule has 2 fully saturated rings. The minimum absolute atomic E-state index is 0.612. The van der Waals surface area contributed by atoms with Crippen molar-refractivity contribution in [2.24, 2.45) is 0 Å². The number of hydrogen-bond donors (Lipinski definition) is 1. The Labute approximate surface area is 77.1 Å². The van der Waals surface area contributed by atoms with Crippen molar-refractivity contribution in [1.82, 2.24) is 5.32 Å². The van der Waals surface area contributed by atoms with Crippen molar-refractivity contribution >= 4 is 23.5 Å². The largest absolute Gasteiger partial charge is 0.303 e. The second kappa shape index (κ2) is 3.19. The molecule has 1 N–H and O–H groups in total. The van der Waals surface area contributed by atoms with E-state index >= 15 is 0 Å². The van der Waals surface area contributed by atoms with E-state index in [1.807, 2.05) is 0 Å².